The number of anilines is 2. The minimum Gasteiger partial charge on any atom is -0.329 e. The summed E-state index contributed by atoms with van der Waals surface area (Å²) in [6.45, 7) is 2.76. The van der Waals surface area contributed by atoms with Gasteiger partial charge in [-0.15, -0.1) is 11.8 Å². The van der Waals surface area contributed by atoms with Crippen LogP contribution in [-0.4, -0.2) is 24.6 Å². The number of nitrogens with one attached hydrogen (secondary N) is 1. The molecule has 1 aliphatic rings. The Kier molecular flexibility index (Phi) is 3.68. The number of carbonyl (C=O) groups excluding carboxylic acids is 2. The van der Waals surface area contributed by atoms with Crippen molar-refractivity contribution < 1.29 is 9.59 Å². The zero-order valence-electron chi connectivity index (χ0n) is 9.60. The first-order valence-electron chi connectivity index (χ1n) is 5.53. The highest BCUT2D eigenvalue weighted by molar-refractivity contribution is 8.00. The second kappa shape index (κ2) is 5.23. The molecule has 0 unspecified atom stereocenters. The fourth-order valence-electron chi connectivity index (χ4n) is 1.83. The van der Waals surface area contributed by atoms with Gasteiger partial charge in [-0.2, -0.15) is 0 Å². The fourth-order valence-corrected chi connectivity index (χ4v) is 2.74. The molecule has 2 amide bonds. The maximum absolute atomic E-state index is 11.8. The summed E-state index contributed by atoms with van der Waals surface area (Å²) in [5.41, 5.74) is 1.62. The average Bonchev–Trinajstić information content (AvgIpc) is 2.33. The van der Waals surface area contributed by atoms with Gasteiger partial charge in [0.2, 0.25) is 12.3 Å². The highest BCUT2D eigenvalue weighted by atomic mass is 32.2. The molecule has 1 N–H and O–H groups in total. The van der Waals surface area contributed by atoms with Gasteiger partial charge >= 0.3 is 0 Å². The summed E-state index contributed by atoms with van der Waals surface area (Å²) in [6, 6.07) is 5.64. The number of hydrogen-bond donors (Lipinski definition) is 1. The first-order chi connectivity index (χ1) is 8.26. The van der Waals surface area contributed by atoms with E-state index in [1.807, 2.05) is 25.1 Å². The zero-order valence-corrected chi connectivity index (χ0v) is 10.4. The van der Waals surface area contributed by atoms with E-state index >= 15 is 0 Å². The highest BCUT2D eigenvalue weighted by Crippen LogP contribution is 2.37. The number of nitrogens with zero attached hydrogens (tertiary/aromatic N) is 1. The van der Waals surface area contributed by atoms with Crippen molar-refractivity contribution in [2.24, 2.45) is 0 Å². The molecule has 0 atom stereocenters. The van der Waals surface area contributed by atoms with Crippen LogP contribution in [0.25, 0.3) is 0 Å². The normalized spacial score (nSPS) is 14.4. The van der Waals surface area contributed by atoms with Crippen LogP contribution in [0.2, 0.25) is 0 Å². The lowest BCUT2D eigenvalue weighted by Gasteiger charge is -2.29. The Bertz CT molecular complexity index is 448. The van der Waals surface area contributed by atoms with Crippen molar-refractivity contribution in [1.82, 2.24) is 0 Å². The molecule has 0 saturated heterocycles. The van der Waals surface area contributed by atoms with Crippen LogP contribution in [-0.2, 0) is 9.59 Å². The number of amides is 2. The quantitative estimate of drug-likeness (QED) is 0.833. The third kappa shape index (κ3) is 2.44. The molecule has 1 aromatic carbocycles. The van der Waals surface area contributed by atoms with Gasteiger partial charge in [0.25, 0.3) is 0 Å². The number of carbonyl (C=O) groups is 2. The van der Waals surface area contributed by atoms with Gasteiger partial charge in [0.05, 0.1) is 11.4 Å². The van der Waals surface area contributed by atoms with E-state index in [9.17, 15) is 9.59 Å². The SMILES string of the molecule is CCCN1C(=O)CSc2ccc(NC=O)cc21. The van der Waals surface area contributed by atoms with Crippen molar-refractivity contribution in [1.29, 1.82) is 0 Å². The van der Waals surface area contributed by atoms with Gasteiger partial charge in [-0.3, -0.25) is 9.59 Å². The molecule has 0 aromatic heterocycles. The van der Waals surface area contributed by atoms with Gasteiger partial charge in [-0.05, 0) is 24.6 Å². The van der Waals surface area contributed by atoms with Crippen molar-refractivity contribution in [3.05, 3.63) is 18.2 Å². The van der Waals surface area contributed by atoms with Gasteiger partial charge in [0.1, 0.15) is 0 Å². The summed E-state index contributed by atoms with van der Waals surface area (Å²) in [5, 5.41) is 2.61. The summed E-state index contributed by atoms with van der Waals surface area (Å²) in [6.07, 6.45) is 1.56. The Hall–Kier alpha value is -1.49. The molecular formula is C12H14N2O2S. The molecule has 90 valence electrons. The molecule has 2 rings (SSSR count). The molecule has 0 bridgehead atoms. The van der Waals surface area contributed by atoms with Crippen LogP contribution in [0.4, 0.5) is 11.4 Å². The topological polar surface area (TPSA) is 49.4 Å². The van der Waals surface area contributed by atoms with E-state index in [1.165, 1.54) is 0 Å². The number of fused-ring (bicyclic) bond motifs is 1. The maximum atomic E-state index is 11.8. The van der Waals surface area contributed by atoms with Crippen LogP contribution >= 0.6 is 11.8 Å². The van der Waals surface area contributed by atoms with Gasteiger partial charge in [-0.25, -0.2) is 0 Å². The third-order valence-corrected chi connectivity index (χ3v) is 3.62. The minimum atomic E-state index is 0.132. The van der Waals surface area contributed by atoms with Gasteiger partial charge in [0.15, 0.2) is 0 Å². The minimum absolute atomic E-state index is 0.132. The Morgan fingerprint density at radius 2 is 2.35 bits per heavy atom. The van der Waals surface area contributed by atoms with E-state index in [0.717, 1.165) is 29.2 Å². The van der Waals surface area contributed by atoms with E-state index < -0.39 is 0 Å². The van der Waals surface area contributed by atoms with Crippen molar-refractivity contribution in [2.45, 2.75) is 18.2 Å². The molecule has 0 saturated carbocycles. The molecule has 17 heavy (non-hydrogen) atoms. The molecule has 1 aliphatic heterocycles. The zero-order chi connectivity index (χ0) is 12.3. The molecule has 0 fully saturated rings. The van der Waals surface area contributed by atoms with Gasteiger partial charge in [-0.1, -0.05) is 6.92 Å². The van der Waals surface area contributed by atoms with Crippen LogP contribution in [0.15, 0.2) is 23.1 Å². The first kappa shape index (κ1) is 12.0. The predicted molar refractivity (Wildman–Crippen MR) is 69.5 cm³/mol. The molecule has 0 spiro atoms. The summed E-state index contributed by atoms with van der Waals surface area (Å²) in [7, 11) is 0. The monoisotopic (exact) mass is 250 g/mol. The van der Waals surface area contributed by atoms with Gasteiger partial charge in [0, 0.05) is 17.1 Å². The van der Waals surface area contributed by atoms with Crippen molar-refractivity contribution in [2.75, 3.05) is 22.5 Å². The second-order valence-electron chi connectivity index (χ2n) is 3.78. The fraction of sp³-hybridized carbons (Fsp3) is 0.333. The van der Waals surface area contributed by atoms with Crippen molar-refractivity contribution in [3.63, 3.8) is 0 Å². The van der Waals surface area contributed by atoms with E-state index in [4.69, 9.17) is 0 Å². The van der Waals surface area contributed by atoms with E-state index in [-0.39, 0.29) is 5.91 Å². The van der Waals surface area contributed by atoms with Crippen LogP contribution in [0.3, 0.4) is 0 Å². The predicted octanol–water partition coefficient (Wildman–Crippen LogP) is 2.10. The van der Waals surface area contributed by atoms with E-state index in [0.29, 0.717) is 12.2 Å². The summed E-state index contributed by atoms with van der Waals surface area (Å²) < 4.78 is 0. The highest BCUT2D eigenvalue weighted by Gasteiger charge is 2.24. The lowest BCUT2D eigenvalue weighted by molar-refractivity contribution is -0.116. The van der Waals surface area contributed by atoms with Crippen LogP contribution < -0.4 is 10.2 Å². The standard InChI is InChI=1S/C12H14N2O2S/c1-2-5-14-10-6-9(13-8-15)3-4-11(10)17-7-12(14)16/h3-4,6,8H,2,5,7H2,1H3,(H,13,15). The molecule has 0 radical (unpaired) electrons. The second-order valence-corrected chi connectivity index (χ2v) is 4.80. The van der Waals surface area contributed by atoms with Crippen molar-refractivity contribution in [3.8, 4) is 0 Å². The number of benzene rings is 1. The smallest absolute Gasteiger partial charge is 0.237 e. The Morgan fingerprint density at radius 1 is 1.53 bits per heavy atom. The number of thioether (sulfide) groups is 1. The molecule has 1 aromatic rings. The first-order valence-corrected chi connectivity index (χ1v) is 6.52. The third-order valence-electron chi connectivity index (χ3n) is 2.57. The summed E-state index contributed by atoms with van der Waals surface area (Å²) in [5.74, 6) is 0.626. The van der Waals surface area contributed by atoms with Crippen LogP contribution in [0.1, 0.15) is 13.3 Å². The largest absolute Gasteiger partial charge is 0.329 e. The molecule has 0 aliphatic carbocycles. The van der Waals surface area contributed by atoms with E-state index in [2.05, 4.69) is 5.32 Å². The number of rotatable bonds is 4. The van der Waals surface area contributed by atoms with Crippen molar-refractivity contribution >= 4 is 35.5 Å². The molecular weight excluding hydrogens is 236 g/mol. The Morgan fingerprint density at radius 3 is 3.06 bits per heavy atom. The van der Waals surface area contributed by atoms with Gasteiger partial charge < -0.3 is 10.2 Å². The summed E-state index contributed by atoms with van der Waals surface area (Å²) >= 11 is 1.55. The maximum Gasteiger partial charge on any atom is 0.237 e. The average molecular weight is 250 g/mol. The van der Waals surface area contributed by atoms with Crippen LogP contribution in [0, 0.1) is 0 Å². The molecule has 5 heteroatoms. The van der Waals surface area contributed by atoms with E-state index in [1.54, 1.807) is 16.7 Å². The van der Waals surface area contributed by atoms with Crippen LogP contribution in [0.5, 0.6) is 0 Å². The molecule has 1 heterocycles. The Balaban J connectivity index is 2.37. The lowest BCUT2D eigenvalue weighted by Crippen LogP contribution is -2.35. The molecule has 4 nitrogen and oxygen atoms in total. The summed E-state index contributed by atoms with van der Waals surface area (Å²) in [4.78, 5) is 25.1. The lowest BCUT2D eigenvalue weighted by atomic mass is 10.2. The number of hydrogen-bond acceptors (Lipinski definition) is 3. The Labute approximate surface area is 104 Å².